The molecule has 1 N–H and O–H groups in total. The SMILES string of the molecule is CCOc1ccccc1N(Cc1ccc(C(=O)NC(C)c2ccc3c(c2)CCC3)cc1)S(C)(=O)=O. The molecule has 1 atom stereocenters. The van der Waals surface area contributed by atoms with E-state index in [1.807, 2.05) is 19.9 Å². The van der Waals surface area contributed by atoms with Crippen molar-refractivity contribution >= 4 is 21.6 Å². The Morgan fingerprint density at radius 2 is 1.74 bits per heavy atom. The number of carbonyl (C=O) groups excluding carboxylic acids is 1. The van der Waals surface area contributed by atoms with E-state index in [4.69, 9.17) is 4.74 Å². The molecule has 7 heteroatoms. The van der Waals surface area contributed by atoms with Gasteiger partial charge >= 0.3 is 0 Å². The first-order chi connectivity index (χ1) is 16.8. The number of sulfonamides is 1. The molecule has 0 bridgehead atoms. The zero-order valence-corrected chi connectivity index (χ0v) is 21.3. The smallest absolute Gasteiger partial charge is 0.251 e. The highest BCUT2D eigenvalue weighted by Crippen LogP contribution is 2.31. The van der Waals surface area contributed by atoms with Crippen LogP contribution in [0.4, 0.5) is 5.69 Å². The molecule has 0 spiro atoms. The van der Waals surface area contributed by atoms with Crippen LogP contribution >= 0.6 is 0 Å². The van der Waals surface area contributed by atoms with E-state index >= 15 is 0 Å². The summed E-state index contributed by atoms with van der Waals surface area (Å²) in [4.78, 5) is 12.9. The number of carbonyl (C=O) groups is 1. The summed E-state index contributed by atoms with van der Waals surface area (Å²) in [6.45, 7) is 4.41. The average Bonchev–Trinajstić information content (AvgIpc) is 3.31. The van der Waals surface area contributed by atoms with Crippen molar-refractivity contribution in [1.82, 2.24) is 5.32 Å². The van der Waals surface area contributed by atoms with Gasteiger partial charge in [-0.2, -0.15) is 0 Å². The first-order valence-corrected chi connectivity index (χ1v) is 13.8. The van der Waals surface area contributed by atoms with E-state index in [9.17, 15) is 13.2 Å². The molecule has 0 saturated heterocycles. The second-order valence-corrected chi connectivity index (χ2v) is 10.9. The van der Waals surface area contributed by atoms with Crippen LogP contribution in [0.1, 0.15) is 58.9 Å². The third kappa shape index (κ3) is 5.85. The van der Waals surface area contributed by atoms with Crippen molar-refractivity contribution in [3.63, 3.8) is 0 Å². The standard InChI is InChI=1S/C28H32N2O4S/c1-4-34-27-11-6-5-10-26(27)30(35(3,32)33)19-21-12-14-23(15-13-21)28(31)29-20(2)24-17-16-22-8-7-9-25(22)18-24/h5-6,10-18,20H,4,7-9,19H2,1-3H3,(H,29,31). The average molecular weight is 493 g/mol. The Bertz CT molecular complexity index is 1300. The van der Waals surface area contributed by atoms with E-state index in [1.54, 1.807) is 42.5 Å². The Morgan fingerprint density at radius 1 is 1.03 bits per heavy atom. The third-order valence-corrected chi connectivity index (χ3v) is 7.47. The summed E-state index contributed by atoms with van der Waals surface area (Å²) in [5, 5.41) is 3.07. The van der Waals surface area contributed by atoms with Crippen LogP contribution in [0, 0.1) is 0 Å². The number of aryl methyl sites for hydroxylation is 2. The van der Waals surface area contributed by atoms with Gasteiger partial charge in [0, 0.05) is 5.56 Å². The molecule has 3 aromatic rings. The molecular formula is C28H32N2O4S. The Kier molecular flexibility index (Phi) is 7.45. The largest absolute Gasteiger partial charge is 0.492 e. The lowest BCUT2D eigenvalue weighted by Crippen LogP contribution is -2.30. The molecule has 184 valence electrons. The number of fused-ring (bicyclic) bond motifs is 1. The number of hydrogen-bond donors (Lipinski definition) is 1. The number of rotatable bonds is 9. The topological polar surface area (TPSA) is 75.7 Å². The van der Waals surface area contributed by atoms with E-state index in [-0.39, 0.29) is 18.5 Å². The van der Waals surface area contributed by atoms with Gasteiger partial charge in [-0.15, -0.1) is 0 Å². The fourth-order valence-corrected chi connectivity index (χ4v) is 5.37. The lowest BCUT2D eigenvalue weighted by molar-refractivity contribution is 0.0940. The molecule has 0 aromatic heterocycles. The molecule has 1 aliphatic rings. The highest BCUT2D eigenvalue weighted by atomic mass is 32.2. The second kappa shape index (κ2) is 10.5. The molecule has 0 aliphatic heterocycles. The number of benzene rings is 3. The van der Waals surface area contributed by atoms with Gasteiger partial charge in [0.05, 0.1) is 31.1 Å². The van der Waals surface area contributed by atoms with Crippen molar-refractivity contribution in [3.05, 3.63) is 94.5 Å². The van der Waals surface area contributed by atoms with E-state index < -0.39 is 10.0 Å². The Labute approximate surface area is 208 Å². The van der Waals surface area contributed by atoms with Crippen molar-refractivity contribution in [3.8, 4) is 5.75 Å². The first-order valence-electron chi connectivity index (χ1n) is 12.0. The van der Waals surface area contributed by atoms with Gasteiger partial charge in [0.25, 0.3) is 5.91 Å². The summed E-state index contributed by atoms with van der Waals surface area (Å²) in [5.41, 5.74) is 5.69. The van der Waals surface area contributed by atoms with Gasteiger partial charge in [0.2, 0.25) is 10.0 Å². The van der Waals surface area contributed by atoms with Crippen molar-refractivity contribution in [2.75, 3.05) is 17.2 Å². The van der Waals surface area contributed by atoms with Crippen molar-refractivity contribution < 1.29 is 17.9 Å². The molecule has 0 heterocycles. The molecule has 0 radical (unpaired) electrons. The van der Waals surface area contributed by atoms with E-state index in [0.29, 0.717) is 23.6 Å². The van der Waals surface area contributed by atoms with Crippen molar-refractivity contribution in [2.24, 2.45) is 0 Å². The molecule has 0 fully saturated rings. The molecule has 4 rings (SSSR count). The molecule has 1 unspecified atom stereocenters. The Balaban J connectivity index is 1.47. The van der Waals surface area contributed by atoms with E-state index in [1.165, 1.54) is 28.1 Å². The summed E-state index contributed by atoms with van der Waals surface area (Å²) in [6.07, 6.45) is 4.61. The molecular weight excluding hydrogens is 460 g/mol. The predicted octanol–water partition coefficient (Wildman–Crippen LogP) is 5.03. The number of anilines is 1. The van der Waals surface area contributed by atoms with Crippen LogP contribution in [0.15, 0.2) is 66.7 Å². The van der Waals surface area contributed by atoms with Crippen LogP contribution in [0.2, 0.25) is 0 Å². The zero-order valence-electron chi connectivity index (χ0n) is 20.5. The number of nitrogens with zero attached hydrogens (tertiary/aromatic N) is 1. The van der Waals surface area contributed by atoms with Crippen LogP contribution in [-0.4, -0.2) is 27.2 Å². The van der Waals surface area contributed by atoms with Gasteiger partial charge in [0.15, 0.2) is 0 Å². The van der Waals surface area contributed by atoms with Crippen LogP contribution in [-0.2, 0) is 29.4 Å². The molecule has 3 aromatic carbocycles. The number of nitrogens with one attached hydrogen (secondary N) is 1. The van der Waals surface area contributed by atoms with Crippen molar-refractivity contribution in [1.29, 1.82) is 0 Å². The molecule has 1 aliphatic carbocycles. The van der Waals surface area contributed by atoms with Crippen LogP contribution in [0.25, 0.3) is 0 Å². The maximum Gasteiger partial charge on any atom is 0.251 e. The zero-order chi connectivity index (χ0) is 25.0. The number of para-hydroxylation sites is 2. The van der Waals surface area contributed by atoms with Gasteiger partial charge in [0.1, 0.15) is 5.75 Å². The lowest BCUT2D eigenvalue weighted by Gasteiger charge is -2.24. The maximum absolute atomic E-state index is 12.9. The highest BCUT2D eigenvalue weighted by Gasteiger charge is 2.22. The van der Waals surface area contributed by atoms with Crippen LogP contribution in [0.3, 0.4) is 0 Å². The predicted molar refractivity (Wildman–Crippen MR) is 139 cm³/mol. The van der Waals surface area contributed by atoms with Gasteiger partial charge in [-0.05, 0) is 79.6 Å². The fraction of sp³-hybridized carbons (Fsp3) is 0.321. The Hall–Kier alpha value is -3.32. The summed E-state index contributed by atoms with van der Waals surface area (Å²) in [6, 6.07) is 20.5. The molecule has 1 amide bonds. The van der Waals surface area contributed by atoms with Gasteiger partial charge in [-0.1, -0.05) is 42.5 Å². The summed E-state index contributed by atoms with van der Waals surface area (Å²) in [5.74, 6) is 0.350. The highest BCUT2D eigenvalue weighted by molar-refractivity contribution is 7.92. The lowest BCUT2D eigenvalue weighted by atomic mass is 10.0. The minimum absolute atomic E-state index is 0.108. The monoisotopic (exact) mass is 492 g/mol. The van der Waals surface area contributed by atoms with Crippen LogP contribution < -0.4 is 14.4 Å². The first kappa shape index (κ1) is 24.8. The van der Waals surface area contributed by atoms with Crippen molar-refractivity contribution in [2.45, 2.75) is 45.7 Å². The normalized spacial score (nSPS) is 13.7. The second-order valence-electron chi connectivity index (χ2n) is 8.94. The van der Waals surface area contributed by atoms with E-state index in [0.717, 1.165) is 24.0 Å². The molecule has 6 nitrogen and oxygen atoms in total. The molecule has 35 heavy (non-hydrogen) atoms. The van der Waals surface area contributed by atoms with Crippen LogP contribution in [0.5, 0.6) is 5.75 Å². The number of hydrogen-bond acceptors (Lipinski definition) is 4. The van der Waals surface area contributed by atoms with E-state index in [2.05, 4.69) is 23.5 Å². The summed E-state index contributed by atoms with van der Waals surface area (Å²) < 4.78 is 32.2. The fourth-order valence-electron chi connectivity index (χ4n) is 4.47. The summed E-state index contributed by atoms with van der Waals surface area (Å²) >= 11 is 0. The number of amides is 1. The number of ether oxygens (including phenoxy) is 1. The Morgan fingerprint density at radius 3 is 2.46 bits per heavy atom. The summed E-state index contributed by atoms with van der Waals surface area (Å²) in [7, 11) is -3.56. The van der Waals surface area contributed by atoms with Gasteiger partial charge in [-0.25, -0.2) is 8.42 Å². The van der Waals surface area contributed by atoms with Gasteiger partial charge in [-0.3, -0.25) is 9.10 Å². The van der Waals surface area contributed by atoms with Gasteiger partial charge < -0.3 is 10.1 Å². The minimum atomic E-state index is -3.56. The maximum atomic E-state index is 12.9. The quantitative estimate of drug-likeness (QED) is 0.455. The third-order valence-electron chi connectivity index (χ3n) is 6.35. The molecule has 0 saturated carbocycles. The minimum Gasteiger partial charge on any atom is -0.492 e.